The van der Waals surface area contributed by atoms with Crippen molar-refractivity contribution in [2.75, 3.05) is 29.2 Å². The minimum Gasteiger partial charge on any atom is -0.493 e. The third-order valence-electron chi connectivity index (χ3n) is 9.75. The lowest BCUT2D eigenvalue weighted by atomic mass is 9.99. The Morgan fingerprint density at radius 1 is 0.922 bits per heavy atom. The Morgan fingerprint density at radius 2 is 1.58 bits per heavy atom. The van der Waals surface area contributed by atoms with E-state index in [4.69, 9.17) is 14.2 Å². The number of nitrogens with one attached hydrogen (secondary N) is 2. The number of carboxylic acids is 1. The SMILES string of the molecule is CCCCOc1ccc(C(Nc2ccc3c(N(C(=O)OC(C)(C)C)C(=O)OC(C)(C)C)ncc(F)c3c2)C(=O)O)cc1CCC(=O)Nc1ccc(S(=O)(=O)C2CC2)c(CN(C)C=O)c1. The van der Waals surface area contributed by atoms with Gasteiger partial charge in [0.1, 0.15) is 22.8 Å². The number of amides is 4. The topological polar surface area (TPSA) is 211 Å². The van der Waals surface area contributed by atoms with Gasteiger partial charge in [0.15, 0.2) is 21.7 Å². The zero-order valence-electron chi connectivity index (χ0n) is 37.3. The normalized spacial score (nSPS) is 13.4. The number of sulfone groups is 1. The van der Waals surface area contributed by atoms with Crippen LogP contribution in [0.1, 0.15) is 103 Å². The summed E-state index contributed by atoms with van der Waals surface area (Å²) in [5, 5.41) is 15.7. The average Bonchev–Trinajstić information content (AvgIpc) is 4.06. The van der Waals surface area contributed by atoms with Crippen LogP contribution in [0.2, 0.25) is 0 Å². The summed E-state index contributed by atoms with van der Waals surface area (Å²) in [4.78, 5) is 70.5. The molecule has 1 fully saturated rings. The Kier molecular flexibility index (Phi) is 15.3. The van der Waals surface area contributed by atoms with Gasteiger partial charge in [-0.3, -0.25) is 9.59 Å². The molecule has 18 heteroatoms. The second-order valence-electron chi connectivity index (χ2n) is 17.6. The second-order valence-corrected chi connectivity index (χ2v) is 19.8. The molecule has 344 valence electrons. The van der Waals surface area contributed by atoms with Crippen molar-refractivity contribution in [2.45, 2.75) is 121 Å². The highest BCUT2D eigenvalue weighted by molar-refractivity contribution is 7.92. The molecule has 1 aromatic heterocycles. The van der Waals surface area contributed by atoms with Crippen LogP contribution in [0.4, 0.5) is 31.2 Å². The van der Waals surface area contributed by atoms with Gasteiger partial charge in [0.25, 0.3) is 0 Å². The summed E-state index contributed by atoms with van der Waals surface area (Å²) < 4.78 is 58.8. The van der Waals surface area contributed by atoms with Crippen molar-refractivity contribution in [1.29, 1.82) is 0 Å². The van der Waals surface area contributed by atoms with Crippen molar-refractivity contribution in [1.82, 2.24) is 9.88 Å². The number of anilines is 3. The molecule has 0 bridgehead atoms. The maximum absolute atomic E-state index is 15.5. The van der Waals surface area contributed by atoms with E-state index in [9.17, 15) is 37.5 Å². The van der Waals surface area contributed by atoms with Gasteiger partial charge in [-0.15, -0.1) is 0 Å². The molecule has 4 amide bonds. The lowest BCUT2D eigenvalue weighted by molar-refractivity contribution is -0.138. The van der Waals surface area contributed by atoms with Crippen LogP contribution < -0.4 is 20.3 Å². The van der Waals surface area contributed by atoms with E-state index in [2.05, 4.69) is 15.6 Å². The van der Waals surface area contributed by atoms with Crippen molar-refractivity contribution >= 4 is 68.3 Å². The lowest BCUT2D eigenvalue weighted by Crippen LogP contribution is -2.44. The third kappa shape index (κ3) is 12.7. The number of ether oxygens (including phenoxy) is 3. The van der Waals surface area contributed by atoms with Crippen LogP contribution in [0.25, 0.3) is 10.8 Å². The first-order valence-corrected chi connectivity index (χ1v) is 22.5. The van der Waals surface area contributed by atoms with E-state index in [0.29, 0.717) is 58.9 Å². The van der Waals surface area contributed by atoms with Crippen molar-refractivity contribution in [3.63, 3.8) is 0 Å². The number of hydrogen-bond donors (Lipinski definition) is 3. The Labute approximate surface area is 372 Å². The van der Waals surface area contributed by atoms with E-state index >= 15 is 4.39 Å². The number of aryl methyl sites for hydroxylation is 1. The Bertz CT molecular complexity index is 2490. The van der Waals surface area contributed by atoms with Gasteiger partial charge < -0.3 is 34.9 Å². The Hall–Kier alpha value is -6.30. The van der Waals surface area contributed by atoms with Gasteiger partial charge in [-0.2, -0.15) is 4.90 Å². The van der Waals surface area contributed by atoms with Crippen LogP contribution >= 0.6 is 0 Å². The Morgan fingerprint density at radius 3 is 2.17 bits per heavy atom. The number of benzene rings is 3. The van der Waals surface area contributed by atoms with Crippen molar-refractivity contribution in [3.05, 3.63) is 83.3 Å². The molecule has 1 heterocycles. The number of imide groups is 1. The molecule has 0 aliphatic heterocycles. The van der Waals surface area contributed by atoms with E-state index in [-0.39, 0.29) is 46.6 Å². The molecule has 1 aliphatic carbocycles. The average molecular weight is 906 g/mol. The number of carbonyl (C=O) groups is 5. The first-order valence-electron chi connectivity index (χ1n) is 20.9. The van der Waals surface area contributed by atoms with Crippen LogP contribution in [0, 0.1) is 5.82 Å². The Balaban J connectivity index is 1.42. The molecule has 0 saturated heterocycles. The highest BCUT2D eigenvalue weighted by atomic mass is 32.2. The number of hydrogen-bond acceptors (Lipinski definition) is 12. The zero-order valence-corrected chi connectivity index (χ0v) is 38.1. The number of fused-ring (bicyclic) bond motifs is 1. The first-order chi connectivity index (χ1) is 30.0. The fourth-order valence-corrected chi connectivity index (χ4v) is 8.48. The summed E-state index contributed by atoms with van der Waals surface area (Å²) >= 11 is 0. The smallest absolute Gasteiger partial charge is 0.425 e. The number of carbonyl (C=O) groups excluding carboxylic acids is 4. The number of nitrogens with zero attached hydrogens (tertiary/aromatic N) is 3. The quantitative estimate of drug-likeness (QED) is 0.0632. The van der Waals surface area contributed by atoms with Crippen LogP contribution in [0.5, 0.6) is 5.75 Å². The molecule has 5 rings (SSSR count). The molecule has 1 saturated carbocycles. The van der Waals surface area contributed by atoms with Gasteiger partial charge in [0, 0.05) is 42.2 Å². The molecule has 1 atom stereocenters. The van der Waals surface area contributed by atoms with E-state index in [1.54, 1.807) is 65.8 Å². The molecule has 4 aromatic rings. The molecular weight excluding hydrogens is 850 g/mol. The van der Waals surface area contributed by atoms with E-state index in [0.717, 1.165) is 19.0 Å². The minimum atomic E-state index is -3.59. The first kappa shape index (κ1) is 48.7. The summed E-state index contributed by atoms with van der Waals surface area (Å²) in [7, 11) is -2.07. The van der Waals surface area contributed by atoms with Gasteiger partial charge in [0.05, 0.1) is 22.9 Å². The molecule has 1 aliphatic rings. The van der Waals surface area contributed by atoms with Crippen LogP contribution in [0.3, 0.4) is 0 Å². The predicted molar refractivity (Wildman–Crippen MR) is 239 cm³/mol. The summed E-state index contributed by atoms with van der Waals surface area (Å²) in [5.41, 5.74) is -0.301. The molecule has 1 unspecified atom stereocenters. The standard InChI is InChI=1S/C46H56FN5O11S/c1-9-10-21-61-37-18-11-29(22-28(37)12-20-39(54)49-31-14-19-38(64(59,60)33-15-16-33)30(23-31)26-51(8)27-53)40(42(55)56)50-32-13-17-34-35(24-32)36(47)25-48-41(34)52(43(57)62-45(2,3)4)44(58)63-46(5,6)7/h11,13-14,17-19,22-25,27,33,40,50H,9-10,12,15-16,20-21,26H2,1-8H3,(H,49,54)(H,55,56). The highest BCUT2D eigenvalue weighted by Crippen LogP contribution is 2.37. The van der Waals surface area contributed by atoms with Crippen molar-refractivity contribution in [3.8, 4) is 5.75 Å². The largest absolute Gasteiger partial charge is 0.493 e. The van der Waals surface area contributed by atoms with E-state index in [1.807, 2.05) is 6.92 Å². The van der Waals surface area contributed by atoms with Crippen LogP contribution in [0.15, 0.2) is 65.7 Å². The van der Waals surface area contributed by atoms with Crippen molar-refractivity contribution < 1.29 is 56.1 Å². The van der Waals surface area contributed by atoms with Crippen molar-refractivity contribution in [2.24, 2.45) is 0 Å². The predicted octanol–water partition coefficient (Wildman–Crippen LogP) is 8.56. The molecule has 16 nitrogen and oxygen atoms in total. The molecule has 64 heavy (non-hydrogen) atoms. The summed E-state index contributed by atoms with van der Waals surface area (Å²) in [6, 6.07) is 12.1. The van der Waals surface area contributed by atoms with Crippen LogP contribution in [-0.4, -0.2) is 84.0 Å². The fraction of sp³-hybridized carbons (Fsp3) is 0.435. The van der Waals surface area contributed by atoms with E-state index in [1.165, 1.54) is 42.3 Å². The molecular formula is C46H56FN5O11S. The minimum absolute atomic E-state index is 0.0196. The third-order valence-corrected chi connectivity index (χ3v) is 12.1. The number of unbranched alkanes of at least 4 members (excludes halogenated alkanes) is 1. The number of carboxylic acid groups (broad SMARTS) is 1. The van der Waals surface area contributed by atoms with Crippen LogP contribution in [-0.2, 0) is 46.7 Å². The number of aliphatic carboxylic acids is 1. The van der Waals surface area contributed by atoms with E-state index < -0.39 is 62.2 Å². The monoisotopic (exact) mass is 905 g/mol. The van der Waals surface area contributed by atoms with Gasteiger partial charge in [-0.1, -0.05) is 19.4 Å². The fourth-order valence-electron chi connectivity index (χ4n) is 6.61. The summed E-state index contributed by atoms with van der Waals surface area (Å²) in [6.45, 7) is 12.1. The lowest BCUT2D eigenvalue weighted by Gasteiger charge is -2.28. The second kappa shape index (κ2) is 20.0. The van der Waals surface area contributed by atoms with Gasteiger partial charge in [-0.25, -0.2) is 32.2 Å². The van der Waals surface area contributed by atoms with Gasteiger partial charge >= 0.3 is 18.2 Å². The zero-order chi connectivity index (χ0) is 47.1. The number of rotatable bonds is 18. The summed E-state index contributed by atoms with van der Waals surface area (Å²) in [6.07, 6.45) is 2.02. The molecule has 3 aromatic carbocycles. The van der Waals surface area contributed by atoms with Gasteiger partial charge in [-0.05, 0) is 132 Å². The number of pyridine rings is 1. The maximum atomic E-state index is 15.5. The number of aromatic nitrogens is 1. The number of halogens is 1. The summed E-state index contributed by atoms with van der Waals surface area (Å²) in [5.74, 6) is -2.31. The molecule has 3 N–H and O–H groups in total. The highest BCUT2D eigenvalue weighted by Gasteiger charge is 2.38. The van der Waals surface area contributed by atoms with Gasteiger partial charge in [0.2, 0.25) is 12.3 Å². The molecule has 0 radical (unpaired) electrons. The maximum Gasteiger partial charge on any atom is 0.425 e. The molecule has 0 spiro atoms.